The summed E-state index contributed by atoms with van der Waals surface area (Å²) >= 11 is 1.23. The highest BCUT2D eigenvalue weighted by Gasteiger charge is 2.32. The minimum absolute atomic E-state index is 0.164. The molecule has 1 N–H and O–H groups in total. The lowest BCUT2D eigenvalue weighted by Gasteiger charge is -2.12. The monoisotopic (exact) mass is 498 g/mol. The Labute approximate surface area is 207 Å². The normalized spacial score (nSPS) is 15.5. The Bertz CT molecular complexity index is 1160. The Morgan fingerprint density at radius 2 is 1.77 bits per heavy atom. The van der Waals surface area contributed by atoms with Crippen LogP contribution >= 0.6 is 11.8 Å². The highest BCUT2D eigenvalue weighted by molar-refractivity contribution is 8.18. The van der Waals surface area contributed by atoms with Crippen molar-refractivity contribution in [2.24, 2.45) is 4.99 Å². The van der Waals surface area contributed by atoms with E-state index >= 15 is 0 Å². The van der Waals surface area contributed by atoms with Crippen LogP contribution in [-0.4, -0.2) is 59.4 Å². The van der Waals surface area contributed by atoms with Crippen LogP contribution in [0.2, 0.25) is 0 Å². The molecule has 1 heterocycles. The Morgan fingerprint density at radius 3 is 2.40 bits per heavy atom. The van der Waals surface area contributed by atoms with Crippen LogP contribution in [0, 0.1) is 0 Å². The molecule has 1 aliphatic heterocycles. The molecule has 1 saturated heterocycles. The summed E-state index contributed by atoms with van der Waals surface area (Å²) in [6.45, 7) is 6.27. The van der Waals surface area contributed by atoms with Gasteiger partial charge in [0.25, 0.3) is 5.91 Å². The van der Waals surface area contributed by atoms with Crippen LogP contribution in [0.25, 0.3) is 6.08 Å². The van der Waals surface area contributed by atoms with E-state index in [-0.39, 0.29) is 24.7 Å². The first kappa shape index (κ1) is 25.8. The second-order valence-electron chi connectivity index (χ2n) is 7.14. The van der Waals surface area contributed by atoms with E-state index in [2.05, 4.69) is 4.99 Å². The highest BCUT2D eigenvalue weighted by Crippen LogP contribution is 2.36. The van der Waals surface area contributed by atoms with Gasteiger partial charge in [0.2, 0.25) is 0 Å². The molecule has 9 nitrogen and oxygen atoms in total. The third-order valence-electron chi connectivity index (χ3n) is 4.76. The fourth-order valence-corrected chi connectivity index (χ4v) is 4.21. The van der Waals surface area contributed by atoms with Crippen molar-refractivity contribution in [2.45, 2.75) is 20.8 Å². The van der Waals surface area contributed by atoms with Crippen molar-refractivity contribution in [1.82, 2.24) is 4.90 Å². The first-order valence-corrected chi connectivity index (χ1v) is 11.9. The van der Waals surface area contributed by atoms with Crippen LogP contribution in [-0.2, 0) is 14.3 Å². The van der Waals surface area contributed by atoms with Crippen molar-refractivity contribution in [3.8, 4) is 11.5 Å². The van der Waals surface area contributed by atoms with E-state index in [1.807, 2.05) is 13.8 Å². The molecule has 0 unspecified atom stereocenters. The largest absolute Gasteiger partial charge is 0.490 e. The third-order valence-corrected chi connectivity index (χ3v) is 5.77. The number of ether oxygens (including phenoxy) is 3. The van der Waals surface area contributed by atoms with Gasteiger partial charge in [0.05, 0.1) is 29.4 Å². The Hall–Kier alpha value is -3.79. The predicted octanol–water partition coefficient (Wildman–Crippen LogP) is 4.35. The number of carbonyl (C=O) groups excluding carboxylic acids is 2. The van der Waals surface area contributed by atoms with Gasteiger partial charge in [-0.2, -0.15) is 0 Å². The third kappa shape index (κ3) is 6.63. The number of rotatable bonds is 10. The van der Waals surface area contributed by atoms with Gasteiger partial charge < -0.3 is 19.3 Å². The second kappa shape index (κ2) is 12.1. The van der Waals surface area contributed by atoms with Crippen LogP contribution in [0.5, 0.6) is 11.5 Å². The van der Waals surface area contributed by atoms with E-state index in [1.54, 1.807) is 48.2 Å². The number of likely N-dealkylation sites (N-methyl/N-ethyl adjacent to an activating group) is 1. The number of benzene rings is 2. The number of hydrogen-bond donors (Lipinski definition) is 1. The van der Waals surface area contributed by atoms with Crippen molar-refractivity contribution in [2.75, 3.05) is 26.4 Å². The fourth-order valence-electron chi connectivity index (χ4n) is 3.15. The van der Waals surface area contributed by atoms with Crippen LogP contribution < -0.4 is 9.47 Å². The van der Waals surface area contributed by atoms with E-state index in [9.17, 15) is 14.4 Å². The second-order valence-corrected chi connectivity index (χ2v) is 8.15. The molecule has 1 amide bonds. The molecule has 0 saturated carbocycles. The molecule has 0 atom stereocenters. The number of amides is 1. The quantitative estimate of drug-likeness (QED) is 0.380. The van der Waals surface area contributed by atoms with E-state index in [4.69, 9.17) is 19.3 Å². The zero-order chi connectivity index (χ0) is 25.4. The number of hydrogen-bond acceptors (Lipinski definition) is 8. The summed E-state index contributed by atoms with van der Waals surface area (Å²) in [4.78, 5) is 42.2. The number of amidine groups is 1. The number of aromatic carboxylic acids is 1. The first-order chi connectivity index (χ1) is 16.9. The lowest BCUT2D eigenvalue weighted by Crippen LogP contribution is -2.28. The maximum atomic E-state index is 13.0. The molecule has 35 heavy (non-hydrogen) atoms. The highest BCUT2D eigenvalue weighted by atomic mass is 32.2. The lowest BCUT2D eigenvalue weighted by molar-refractivity contribution is -0.145. The summed E-state index contributed by atoms with van der Waals surface area (Å²) in [5, 5.41) is 9.56. The first-order valence-electron chi connectivity index (χ1n) is 11.0. The summed E-state index contributed by atoms with van der Waals surface area (Å²) in [6.07, 6.45) is 1.74. The molecular formula is C25H26N2O7S. The number of nitrogens with zero attached hydrogens (tertiary/aromatic N) is 2. The maximum absolute atomic E-state index is 13.0. The number of esters is 1. The molecule has 2 aromatic rings. The predicted molar refractivity (Wildman–Crippen MR) is 133 cm³/mol. The number of carbonyl (C=O) groups is 3. The number of aliphatic imine (C=N–C) groups is 1. The van der Waals surface area contributed by atoms with Crippen LogP contribution in [0.15, 0.2) is 52.4 Å². The molecule has 0 spiro atoms. The van der Waals surface area contributed by atoms with Gasteiger partial charge in [-0.1, -0.05) is 6.07 Å². The standard InChI is InChI=1S/C25H26N2O7S/c1-4-27-23(29)21(35-25(27)26-18-10-8-17(9-11-18)24(30)31)14-16-7-12-19(20(13-16)32-5-2)34-15-22(28)33-6-3/h7-14H,4-6,15H2,1-3H3,(H,30,31)/b21-14+,26-25?. The van der Waals surface area contributed by atoms with Gasteiger partial charge in [0.15, 0.2) is 23.3 Å². The van der Waals surface area contributed by atoms with Crippen LogP contribution in [0.3, 0.4) is 0 Å². The van der Waals surface area contributed by atoms with Gasteiger partial charge in [-0.15, -0.1) is 0 Å². The summed E-state index contributed by atoms with van der Waals surface area (Å²) in [6, 6.07) is 11.3. The van der Waals surface area contributed by atoms with Crippen molar-refractivity contribution in [3.05, 3.63) is 58.5 Å². The zero-order valence-electron chi connectivity index (χ0n) is 19.6. The molecule has 2 aromatic carbocycles. The van der Waals surface area contributed by atoms with E-state index in [0.717, 1.165) is 5.56 Å². The lowest BCUT2D eigenvalue weighted by atomic mass is 10.2. The van der Waals surface area contributed by atoms with Gasteiger partial charge in [-0.3, -0.25) is 9.69 Å². The smallest absolute Gasteiger partial charge is 0.344 e. The minimum Gasteiger partial charge on any atom is -0.490 e. The van der Waals surface area contributed by atoms with Gasteiger partial charge in [-0.25, -0.2) is 14.6 Å². The number of carboxylic acid groups (broad SMARTS) is 1. The molecule has 1 aliphatic rings. The molecule has 184 valence electrons. The Kier molecular flexibility index (Phi) is 8.91. The number of carboxylic acids is 1. The van der Waals surface area contributed by atoms with Crippen molar-refractivity contribution >= 4 is 46.5 Å². The molecule has 0 aromatic heterocycles. The summed E-state index contributed by atoms with van der Waals surface area (Å²) in [5.74, 6) is -0.827. The van der Waals surface area contributed by atoms with Crippen molar-refractivity contribution in [1.29, 1.82) is 0 Å². The fraction of sp³-hybridized carbons (Fsp3) is 0.280. The van der Waals surface area contributed by atoms with E-state index in [1.165, 1.54) is 23.9 Å². The average Bonchev–Trinajstić information content (AvgIpc) is 3.12. The van der Waals surface area contributed by atoms with Crippen LogP contribution in [0.1, 0.15) is 36.7 Å². The van der Waals surface area contributed by atoms with Crippen LogP contribution in [0.4, 0.5) is 5.69 Å². The van der Waals surface area contributed by atoms with Crippen molar-refractivity contribution < 1.29 is 33.7 Å². The average molecular weight is 499 g/mol. The minimum atomic E-state index is -1.02. The molecular weight excluding hydrogens is 472 g/mol. The Balaban J connectivity index is 1.83. The van der Waals surface area contributed by atoms with Gasteiger partial charge in [0.1, 0.15) is 0 Å². The van der Waals surface area contributed by atoms with Crippen molar-refractivity contribution in [3.63, 3.8) is 0 Å². The molecule has 0 radical (unpaired) electrons. The number of thioether (sulfide) groups is 1. The molecule has 10 heteroatoms. The molecule has 1 fully saturated rings. The molecule has 0 bridgehead atoms. The van der Waals surface area contributed by atoms with E-state index < -0.39 is 11.9 Å². The summed E-state index contributed by atoms with van der Waals surface area (Å²) in [5.41, 5.74) is 1.43. The molecule has 3 rings (SSSR count). The van der Waals surface area contributed by atoms with Gasteiger partial charge in [0, 0.05) is 6.54 Å². The Morgan fingerprint density at radius 1 is 1.03 bits per heavy atom. The molecule has 0 aliphatic carbocycles. The topological polar surface area (TPSA) is 115 Å². The zero-order valence-corrected chi connectivity index (χ0v) is 20.5. The van der Waals surface area contributed by atoms with Gasteiger partial charge in [-0.05, 0) is 80.6 Å². The van der Waals surface area contributed by atoms with Gasteiger partial charge >= 0.3 is 11.9 Å². The maximum Gasteiger partial charge on any atom is 0.344 e. The van der Waals surface area contributed by atoms with E-state index in [0.29, 0.717) is 40.4 Å². The summed E-state index contributed by atoms with van der Waals surface area (Å²) < 4.78 is 16.1. The SMILES string of the molecule is CCOC(=O)COc1ccc(/C=C2/SC(=Nc3ccc(C(=O)O)cc3)N(CC)C2=O)cc1OCC. The summed E-state index contributed by atoms with van der Waals surface area (Å²) in [7, 11) is 0.